The lowest BCUT2D eigenvalue weighted by atomic mass is 9.77. The fourth-order valence-electron chi connectivity index (χ4n) is 3.25. The molecule has 0 amide bonds. The van der Waals surface area contributed by atoms with Gasteiger partial charge in [-0.05, 0) is 66.4 Å². The van der Waals surface area contributed by atoms with Gasteiger partial charge >= 0.3 is 19.1 Å². The van der Waals surface area contributed by atoms with E-state index in [9.17, 15) is 9.59 Å². The highest BCUT2D eigenvalue weighted by atomic mass is 16.7. The number of carbonyl (C=O) groups excluding carboxylic acids is 2. The summed E-state index contributed by atoms with van der Waals surface area (Å²) in [6, 6.07) is 7.67. The van der Waals surface area contributed by atoms with Gasteiger partial charge in [0.25, 0.3) is 0 Å². The Morgan fingerprint density at radius 3 is 2.13 bits per heavy atom. The molecule has 0 saturated carbocycles. The van der Waals surface area contributed by atoms with Crippen LogP contribution < -0.4 is 5.46 Å². The lowest BCUT2D eigenvalue weighted by Crippen LogP contribution is -2.41. The van der Waals surface area contributed by atoms with E-state index >= 15 is 0 Å². The monoisotopic (exact) mass is 418 g/mol. The summed E-state index contributed by atoms with van der Waals surface area (Å²) in [5, 5.41) is 0. The van der Waals surface area contributed by atoms with Gasteiger partial charge in [0.1, 0.15) is 5.60 Å². The average Bonchev–Trinajstić information content (AvgIpc) is 2.81. The van der Waals surface area contributed by atoms with Gasteiger partial charge in [0.2, 0.25) is 0 Å². The number of ether oxygens (including phenoxy) is 2. The van der Waals surface area contributed by atoms with Crippen molar-refractivity contribution >= 4 is 24.5 Å². The van der Waals surface area contributed by atoms with Gasteiger partial charge in [-0.25, -0.2) is 0 Å². The van der Waals surface area contributed by atoms with E-state index in [4.69, 9.17) is 18.8 Å². The molecule has 1 saturated heterocycles. The Balaban J connectivity index is 2.26. The summed E-state index contributed by atoms with van der Waals surface area (Å²) in [6.07, 6.45) is 0.183. The Morgan fingerprint density at radius 1 is 1.03 bits per heavy atom. The van der Waals surface area contributed by atoms with Crippen molar-refractivity contribution < 1.29 is 28.4 Å². The Bertz CT molecular complexity index is 749. The van der Waals surface area contributed by atoms with Crippen LogP contribution in [0.1, 0.15) is 79.7 Å². The van der Waals surface area contributed by atoms with E-state index in [1.54, 1.807) is 6.92 Å². The number of esters is 2. The molecule has 30 heavy (non-hydrogen) atoms. The van der Waals surface area contributed by atoms with Crippen molar-refractivity contribution in [1.82, 2.24) is 0 Å². The van der Waals surface area contributed by atoms with Gasteiger partial charge in [-0.3, -0.25) is 9.59 Å². The van der Waals surface area contributed by atoms with E-state index in [1.807, 2.05) is 72.7 Å². The van der Waals surface area contributed by atoms with Gasteiger partial charge in [-0.15, -0.1) is 0 Å². The lowest BCUT2D eigenvalue weighted by Gasteiger charge is -2.32. The summed E-state index contributed by atoms with van der Waals surface area (Å²) in [5.74, 6) is -1.05. The first-order valence-electron chi connectivity index (χ1n) is 10.6. The number of rotatable bonds is 7. The van der Waals surface area contributed by atoms with Crippen LogP contribution in [0.5, 0.6) is 0 Å². The maximum Gasteiger partial charge on any atom is 0.494 e. The Morgan fingerprint density at radius 2 is 1.60 bits per heavy atom. The molecule has 0 spiro atoms. The summed E-state index contributed by atoms with van der Waals surface area (Å²) in [4.78, 5) is 24.7. The fraction of sp³-hybridized carbons (Fsp3) is 0.652. The summed E-state index contributed by atoms with van der Waals surface area (Å²) in [5.41, 5.74) is 0.212. The molecule has 1 fully saturated rings. The third-order valence-corrected chi connectivity index (χ3v) is 5.46. The van der Waals surface area contributed by atoms with E-state index in [0.29, 0.717) is 6.61 Å². The highest BCUT2D eigenvalue weighted by molar-refractivity contribution is 6.62. The Labute approximate surface area is 180 Å². The Hall–Kier alpha value is -1.86. The van der Waals surface area contributed by atoms with E-state index < -0.39 is 23.9 Å². The second-order valence-corrected chi connectivity index (χ2v) is 9.76. The number of carbonyl (C=O) groups is 2. The fourth-order valence-corrected chi connectivity index (χ4v) is 3.25. The highest BCUT2D eigenvalue weighted by Gasteiger charge is 2.51. The number of hydrogen-bond donors (Lipinski definition) is 0. The molecule has 1 atom stereocenters. The topological polar surface area (TPSA) is 71.1 Å². The van der Waals surface area contributed by atoms with Crippen molar-refractivity contribution in [1.29, 1.82) is 0 Å². The van der Waals surface area contributed by atoms with Crippen molar-refractivity contribution in [2.24, 2.45) is 0 Å². The van der Waals surface area contributed by atoms with Crippen molar-refractivity contribution in [3.05, 3.63) is 29.8 Å². The Kier molecular flexibility index (Phi) is 7.41. The quantitative estimate of drug-likeness (QED) is 0.496. The van der Waals surface area contributed by atoms with Gasteiger partial charge in [-0.1, -0.05) is 24.3 Å². The summed E-state index contributed by atoms with van der Waals surface area (Å²) in [6.45, 7) is 15.5. The molecule has 0 N–H and O–H groups in total. The van der Waals surface area contributed by atoms with Crippen molar-refractivity contribution in [2.75, 3.05) is 6.61 Å². The maximum absolute atomic E-state index is 12.5. The maximum atomic E-state index is 12.5. The molecule has 166 valence electrons. The molecule has 2 rings (SSSR count). The van der Waals surface area contributed by atoms with Crippen molar-refractivity contribution in [3.8, 4) is 0 Å². The standard InChI is InChI=1S/C23H35BO6/c1-9-27-19(25)14-17(15-20(26)28-21(2,3)4)16-11-10-12-18(13-16)24-29-22(5,6)23(7,8)30-24/h10-13,17H,9,14-15H2,1-8H3/t17-/m1/s1. The SMILES string of the molecule is CCOC(=O)C[C@H](CC(=O)OC(C)(C)C)c1cccc(B2OC(C)(C)C(C)(C)O2)c1. The lowest BCUT2D eigenvalue weighted by molar-refractivity contribution is -0.155. The largest absolute Gasteiger partial charge is 0.494 e. The third kappa shape index (κ3) is 6.32. The second-order valence-electron chi connectivity index (χ2n) is 9.76. The predicted octanol–water partition coefficient (Wildman–Crippen LogP) is 3.75. The van der Waals surface area contributed by atoms with Crippen LogP contribution in [-0.4, -0.2) is 42.5 Å². The minimum absolute atomic E-state index is 0.0862. The average molecular weight is 418 g/mol. The molecule has 0 aliphatic carbocycles. The molecule has 1 aliphatic rings. The minimum atomic E-state index is -0.587. The van der Waals surface area contributed by atoms with Crippen LogP contribution in [0.25, 0.3) is 0 Å². The smallest absolute Gasteiger partial charge is 0.466 e. The zero-order valence-electron chi connectivity index (χ0n) is 19.5. The number of hydrogen-bond acceptors (Lipinski definition) is 6. The van der Waals surface area contributed by atoms with E-state index in [-0.39, 0.29) is 30.7 Å². The first kappa shape index (κ1) is 24.4. The van der Waals surface area contributed by atoms with E-state index in [2.05, 4.69) is 0 Å². The molecule has 7 heteroatoms. The van der Waals surface area contributed by atoms with Gasteiger partial charge in [0.05, 0.1) is 30.7 Å². The molecular weight excluding hydrogens is 383 g/mol. The molecule has 0 bridgehead atoms. The van der Waals surface area contributed by atoms with Gasteiger partial charge in [0.15, 0.2) is 0 Å². The summed E-state index contributed by atoms with van der Waals surface area (Å²) < 4.78 is 22.9. The number of benzene rings is 1. The van der Waals surface area contributed by atoms with E-state index in [0.717, 1.165) is 11.0 Å². The van der Waals surface area contributed by atoms with Gasteiger partial charge in [0, 0.05) is 5.92 Å². The first-order valence-corrected chi connectivity index (χ1v) is 10.6. The van der Waals surface area contributed by atoms with Gasteiger partial charge < -0.3 is 18.8 Å². The van der Waals surface area contributed by atoms with Crippen LogP contribution in [0.4, 0.5) is 0 Å². The molecule has 1 aromatic carbocycles. The molecule has 1 aliphatic heterocycles. The molecule has 6 nitrogen and oxygen atoms in total. The normalized spacial score (nSPS) is 18.7. The molecular formula is C23H35BO6. The highest BCUT2D eigenvalue weighted by Crippen LogP contribution is 2.36. The van der Waals surface area contributed by atoms with Crippen LogP contribution in [0.15, 0.2) is 24.3 Å². The summed E-state index contributed by atoms with van der Waals surface area (Å²) >= 11 is 0. The minimum Gasteiger partial charge on any atom is -0.466 e. The van der Waals surface area contributed by atoms with Crippen LogP contribution in [-0.2, 0) is 28.4 Å². The van der Waals surface area contributed by atoms with Crippen LogP contribution in [0, 0.1) is 0 Å². The van der Waals surface area contributed by atoms with Crippen LogP contribution in [0.3, 0.4) is 0 Å². The van der Waals surface area contributed by atoms with Gasteiger partial charge in [-0.2, -0.15) is 0 Å². The zero-order valence-corrected chi connectivity index (χ0v) is 19.5. The van der Waals surface area contributed by atoms with Crippen LogP contribution >= 0.6 is 0 Å². The molecule has 0 radical (unpaired) electrons. The van der Waals surface area contributed by atoms with E-state index in [1.165, 1.54) is 0 Å². The predicted molar refractivity (Wildman–Crippen MR) is 117 cm³/mol. The molecule has 1 heterocycles. The third-order valence-electron chi connectivity index (χ3n) is 5.46. The molecule has 0 unspecified atom stereocenters. The molecule has 1 aromatic rings. The zero-order chi connectivity index (χ0) is 22.7. The summed E-state index contributed by atoms with van der Waals surface area (Å²) in [7, 11) is -0.514. The molecule has 0 aromatic heterocycles. The first-order chi connectivity index (χ1) is 13.7. The van der Waals surface area contributed by atoms with Crippen molar-refractivity contribution in [3.63, 3.8) is 0 Å². The van der Waals surface area contributed by atoms with Crippen LogP contribution in [0.2, 0.25) is 0 Å². The second kappa shape index (κ2) is 9.10. The van der Waals surface area contributed by atoms with Crippen molar-refractivity contribution in [2.45, 2.75) is 91.0 Å².